The highest BCUT2D eigenvalue weighted by Gasteiger charge is 2.21. The van der Waals surface area contributed by atoms with Crippen molar-refractivity contribution >= 4 is 40.5 Å². The normalized spacial score (nSPS) is 14.4. The van der Waals surface area contributed by atoms with Crippen molar-refractivity contribution in [3.8, 4) is 6.07 Å². The predicted octanol–water partition coefficient (Wildman–Crippen LogP) is 3.19. The van der Waals surface area contributed by atoms with Crippen LogP contribution >= 0.6 is 11.6 Å². The fourth-order valence-electron chi connectivity index (χ4n) is 3.44. The molecule has 1 aliphatic heterocycles. The van der Waals surface area contributed by atoms with Crippen molar-refractivity contribution in [1.29, 1.82) is 5.26 Å². The van der Waals surface area contributed by atoms with Gasteiger partial charge < -0.3 is 15.1 Å². The number of nitrogens with zero attached hydrogens (tertiary/aromatic N) is 6. The average molecular weight is 461 g/mol. The first kappa shape index (κ1) is 22.0. The highest BCUT2D eigenvalue weighted by atomic mass is 35.5. The van der Waals surface area contributed by atoms with E-state index in [1.165, 1.54) is 6.20 Å². The van der Waals surface area contributed by atoms with Gasteiger partial charge in [0.05, 0.1) is 10.7 Å². The lowest BCUT2D eigenvalue weighted by Crippen LogP contribution is -2.48. The van der Waals surface area contributed by atoms with E-state index in [4.69, 9.17) is 11.6 Å². The summed E-state index contributed by atoms with van der Waals surface area (Å²) in [5.74, 6) is 0.213. The lowest BCUT2D eigenvalue weighted by atomic mass is 10.2. The van der Waals surface area contributed by atoms with Crippen LogP contribution in [0.5, 0.6) is 0 Å². The number of amides is 1. The number of aromatic amines is 1. The standard InChI is InChI=1S/C23H21ClN8O/c24-20-14-19(26-16-18(15-25)23-27-29-30-28-23)7-8-21(20)31-10-12-32(13-11-31)22(33)9-6-17-4-2-1-3-5-17/h1-9,14,16,26H,10-13H2,(H,27,28,29,30). The molecule has 0 atom stereocenters. The summed E-state index contributed by atoms with van der Waals surface area (Å²) in [6.07, 6.45) is 4.96. The Morgan fingerprint density at radius 3 is 2.61 bits per heavy atom. The van der Waals surface area contributed by atoms with E-state index in [-0.39, 0.29) is 17.3 Å². The topological polar surface area (TPSA) is 114 Å². The molecule has 33 heavy (non-hydrogen) atoms. The van der Waals surface area contributed by atoms with E-state index < -0.39 is 0 Å². The number of halogens is 1. The lowest BCUT2D eigenvalue weighted by Gasteiger charge is -2.36. The van der Waals surface area contributed by atoms with E-state index in [1.54, 1.807) is 12.1 Å². The van der Waals surface area contributed by atoms with Crippen LogP contribution in [0.25, 0.3) is 11.6 Å². The molecule has 0 spiro atoms. The monoisotopic (exact) mass is 460 g/mol. The maximum Gasteiger partial charge on any atom is 0.246 e. The minimum Gasteiger partial charge on any atom is -0.367 e. The van der Waals surface area contributed by atoms with Crippen molar-refractivity contribution in [3.05, 3.63) is 77.2 Å². The fourth-order valence-corrected chi connectivity index (χ4v) is 3.74. The highest BCUT2D eigenvalue weighted by Crippen LogP contribution is 2.30. The molecule has 3 aromatic rings. The van der Waals surface area contributed by atoms with E-state index in [0.717, 1.165) is 16.9 Å². The largest absolute Gasteiger partial charge is 0.367 e. The average Bonchev–Trinajstić information content (AvgIpc) is 3.39. The number of tetrazole rings is 1. The molecule has 1 aromatic heterocycles. The van der Waals surface area contributed by atoms with Crippen molar-refractivity contribution in [2.75, 3.05) is 36.4 Å². The minimum absolute atomic E-state index is 0.00540. The van der Waals surface area contributed by atoms with Crippen molar-refractivity contribution < 1.29 is 4.79 Å². The summed E-state index contributed by atoms with van der Waals surface area (Å²) in [6, 6.07) is 17.4. The van der Waals surface area contributed by atoms with Gasteiger partial charge >= 0.3 is 0 Å². The summed E-state index contributed by atoms with van der Waals surface area (Å²) in [6.45, 7) is 2.61. The van der Waals surface area contributed by atoms with Crippen LogP contribution in [0.4, 0.5) is 11.4 Å². The number of aromatic nitrogens is 4. The molecule has 0 unspecified atom stereocenters. The minimum atomic E-state index is 0.00540. The van der Waals surface area contributed by atoms with Crippen molar-refractivity contribution in [3.63, 3.8) is 0 Å². The van der Waals surface area contributed by atoms with Crippen molar-refractivity contribution in [2.24, 2.45) is 0 Å². The first-order chi connectivity index (χ1) is 16.1. The number of nitriles is 1. The molecule has 0 bridgehead atoms. The van der Waals surface area contributed by atoms with Gasteiger partial charge in [-0.25, -0.2) is 0 Å². The number of anilines is 2. The van der Waals surface area contributed by atoms with E-state index in [2.05, 4.69) is 30.8 Å². The van der Waals surface area contributed by atoms with Gasteiger partial charge in [-0.05, 0) is 35.1 Å². The first-order valence-corrected chi connectivity index (χ1v) is 10.7. The number of allylic oxidation sites excluding steroid dienone is 1. The number of H-pyrrole nitrogens is 1. The zero-order valence-corrected chi connectivity index (χ0v) is 18.4. The molecule has 1 fully saturated rings. The van der Waals surface area contributed by atoms with E-state index in [0.29, 0.717) is 31.2 Å². The molecule has 9 nitrogen and oxygen atoms in total. The third-order valence-corrected chi connectivity index (χ3v) is 5.49. The lowest BCUT2D eigenvalue weighted by molar-refractivity contribution is -0.126. The summed E-state index contributed by atoms with van der Waals surface area (Å²) in [4.78, 5) is 16.5. The second-order valence-electron chi connectivity index (χ2n) is 7.27. The summed E-state index contributed by atoms with van der Waals surface area (Å²) >= 11 is 6.53. The van der Waals surface area contributed by atoms with Crippen LogP contribution in [-0.2, 0) is 4.79 Å². The van der Waals surface area contributed by atoms with Crippen molar-refractivity contribution in [1.82, 2.24) is 25.5 Å². The molecule has 2 aromatic carbocycles. The van der Waals surface area contributed by atoms with E-state index in [9.17, 15) is 10.1 Å². The molecule has 166 valence electrons. The zero-order chi connectivity index (χ0) is 23.0. The number of hydrogen-bond donors (Lipinski definition) is 2. The maximum absolute atomic E-state index is 12.5. The number of piperazine rings is 1. The second kappa shape index (κ2) is 10.4. The third kappa shape index (κ3) is 5.56. The fraction of sp³-hybridized carbons (Fsp3) is 0.174. The van der Waals surface area contributed by atoms with Gasteiger partial charge in [-0.15, -0.1) is 10.2 Å². The SMILES string of the molecule is N#CC(=CNc1ccc(N2CCN(C(=O)C=Cc3ccccc3)CC2)c(Cl)c1)c1nn[nH]n1. The predicted molar refractivity (Wildman–Crippen MR) is 127 cm³/mol. The number of carbonyl (C=O) groups excluding carboxylic acids is 1. The third-order valence-electron chi connectivity index (χ3n) is 5.19. The molecule has 1 aliphatic rings. The van der Waals surface area contributed by atoms with Crippen LogP contribution in [0.15, 0.2) is 60.8 Å². The Labute approximate surface area is 196 Å². The Balaban J connectivity index is 1.34. The molecule has 0 saturated carbocycles. The number of rotatable bonds is 6. The molecule has 1 amide bonds. The van der Waals surface area contributed by atoms with Gasteiger partial charge in [0.2, 0.25) is 11.7 Å². The van der Waals surface area contributed by atoms with Gasteiger partial charge in [-0.1, -0.05) is 41.9 Å². The summed E-state index contributed by atoms with van der Waals surface area (Å²) in [5.41, 5.74) is 2.86. The van der Waals surface area contributed by atoms with E-state index in [1.807, 2.05) is 59.5 Å². The van der Waals surface area contributed by atoms with Gasteiger partial charge in [0.25, 0.3) is 0 Å². The van der Waals surface area contributed by atoms with Crippen LogP contribution in [-0.4, -0.2) is 57.6 Å². The Kier molecular flexibility index (Phi) is 6.97. The molecule has 4 rings (SSSR count). The Morgan fingerprint density at radius 1 is 1.15 bits per heavy atom. The Bertz CT molecular complexity index is 1190. The Morgan fingerprint density at radius 2 is 1.94 bits per heavy atom. The zero-order valence-electron chi connectivity index (χ0n) is 17.6. The highest BCUT2D eigenvalue weighted by molar-refractivity contribution is 6.33. The van der Waals surface area contributed by atoms with Crippen molar-refractivity contribution in [2.45, 2.75) is 0 Å². The van der Waals surface area contributed by atoms with Gasteiger partial charge in [0, 0.05) is 44.1 Å². The number of nitrogens with one attached hydrogen (secondary N) is 2. The maximum atomic E-state index is 12.5. The van der Waals surface area contributed by atoms with Gasteiger partial charge in [0.1, 0.15) is 11.6 Å². The van der Waals surface area contributed by atoms with Crippen LogP contribution in [0.2, 0.25) is 5.02 Å². The summed E-state index contributed by atoms with van der Waals surface area (Å²) in [5, 5.41) is 26.2. The van der Waals surface area contributed by atoms with Gasteiger partial charge in [-0.2, -0.15) is 10.5 Å². The van der Waals surface area contributed by atoms with Crippen LogP contribution in [0, 0.1) is 11.3 Å². The number of carbonyl (C=O) groups is 1. The van der Waals surface area contributed by atoms with Gasteiger partial charge in [0.15, 0.2) is 0 Å². The second-order valence-corrected chi connectivity index (χ2v) is 7.68. The molecule has 0 radical (unpaired) electrons. The molecular formula is C23H21ClN8O. The molecule has 2 heterocycles. The molecule has 0 aliphatic carbocycles. The number of hydrogen-bond acceptors (Lipinski definition) is 7. The molecule has 10 heteroatoms. The number of benzene rings is 2. The van der Waals surface area contributed by atoms with Crippen LogP contribution in [0.3, 0.4) is 0 Å². The van der Waals surface area contributed by atoms with Gasteiger partial charge in [-0.3, -0.25) is 4.79 Å². The van der Waals surface area contributed by atoms with E-state index >= 15 is 0 Å². The molecule has 1 saturated heterocycles. The van der Waals surface area contributed by atoms with Crippen LogP contribution < -0.4 is 10.2 Å². The van der Waals surface area contributed by atoms with Crippen LogP contribution in [0.1, 0.15) is 11.4 Å². The Hall–Kier alpha value is -4.16. The quantitative estimate of drug-likeness (QED) is 0.429. The summed E-state index contributed by atoms with van der Waals surface area (Å²) in [7, 11) is 0. The first-order valence-electron chi connectivity index (χ1n) is 10.3. The smallest absolute Gasteiger partial charge is 0.246 e. The molecular weight excluding hydrogens is 440 g/mol. The summed E-state index contributed by atoms with van der Waals surface area (Å²) < 4.78 is 0. The molecule has 2 N–H and O–H groups in total.